The van der Waals surface area contributed by atoms with Gasteiger partial charge in [-0.2, -0.15) is 0 Å². The van der Waals surface area contributed by atoms with Crippen molar-refractivity contribution >= 4 is 35.0 Å². The van der Waals surface area contributed by atoms with Crippen LogP contribution in [-0.4, -0.2) is 32.3 Å². The molecule has 0 saturated heterocycles. The summed E-state index contributed by atoms with van der Waals surface area (Å²) in [5.74, 6) is 0.648. The molecule has 0 fully saturated rings. The van der Waals surface area contributed by atoms with E-state index in [9.17, 15) is 9.59 Å². The number of para-hydroxylation sites is 1. The largest absolute Gasteiger partial charge is 0.326 e. The fourth-order valence-corrected chi connectivity index (χ4v) is 3.19. The van der Waals surface area contributed by atoms with Gasteiger partial charge in [0.25, 0.3) is 0 Å². The van der Waals surface area contributed by atoms with Crippen LogP contribution in [0, 0.1) is 0 Å². The van der Waals surface area contributed by atoms with Crippen molar-refractivity contribution in [2.24, 2.45) is 7.05 Å². The Bertz CT molecular complexity index is 956. The van der Waals surface area contributed by atoms with Crippen molar-refractivity contribution in [2.45, 2.75) is 12.1 Å². The van der Waals surface area contributed by atoms with Gasteiger partial charge in [0.2, 0.25) is 11.8 Å². The van der Waals surface area contributed by atoms with Gasteiger partial charge < -0.3 is 15.2 Å². The third kappa shape index (κ3) is 4.95. The van der Waals surface area contributed by atoms with Crippen LogP contribution in [0.5, 0.6) is 0 Å². The third-order valence-corrected chi connectivity index (χ3v) is 4.69. The topological polar surface area (TPSA) is 88.9 Å². The van der Waals surface area contributed by atoms with Crippen LogP contribution < -0.4 is 10.6 Å². The third-order valence-electron chi connectivity index (χ3n) is 3.67. The minimum absolute atomic E-state index is 0.108. The van der Waals surface area contributed by atoms with Gasteiger partial charge in [-0.3, -0.25) is 9.59 Å². The van der Waals surface area contributed by atoms with Crippen molar-refractivity contribution < 1.29 is 9.59 Å². The van der Waals surface area contributed by atoms with Gasteiger partial charge in [0.15, 0.2) is 11.0 Å². The van der Waals surface area contributed by atoms with Crippen LogP contribution in [0.25, 0.3) is 11.4 Å². The summed E-state index contributed by atoms with van der Waals surface area (Å²) in [7, 11) is 1.85. The number of nitrogens with zero attached hydrogens (tertiary/aromatic N) is 3. The Morgan fingerprint density at radius 2 is 1.74 bits per heavy atom. The Morgan fingerprint density at radius 1 is 1.00 bits per heavy atom. The van der Waals surface area contributed by atoms with Gasteiger partial charge in [0.05, 0.1) is 5.75 Å². The minimum Gasteiger partial charge on any atom is -0.326 e. The molecule has 0 aliphatic heterocycles. The molecule has 1 aromatic heterocycles. The number of rotatable bonds is 6. The second kappa shape index (κ2) is 8.50. The van der Waals surface area contributed by atoms with Crippen molar-refractivity contribution in [2.75, 3.05) is 16.4 Å². The van der Waals surface area contributed by atoms with Crippen molar-refractivity contribution in [3.05, 3.63) is 54.6 Å². The summed E-state index contributed by atoms with van der Waals surface area (Å²) in [5, 5.41) is 14.6. The molecular weight excluding hydrogens is 362 g/mol. The summed E-state index contributed by atoms with van der Waals surface area (Å²) in [5.41, 5.74) is 2.29. The van der Waals surface area contributed by atoms with E-state index in [1.165, 1.54) is 18.7 Å². The van der Waals surface area contributed by atoms with E-state index in [2.05, 4.69) is 20.8 Å². The number of amides is 2. The van der Waals surface area contributed by atoms with Crippen molar-refractivity contribution in [3.63, 3.8) is 0 Å². The average molecular weight is 381 g/mol. The van der Waals surface area contributed by atoms with Crippen molar-refractivity contribution in [3.8, 4) is 11.4 Å². The van der Waals surface area contributed by atoms with Crippen LogP contribution >= 0.6 is 11.8 Å². The quantitative estimate of drug-likeness (QED) is 0.640. The van der Waals surface area contributed by atoms with Gasteiger partial charge in [-0.05, 0) is 24.3 Å². The first kappa shape index (κ1) is 18.7. The average Bonchev–Trinajstić information content (AvgIpc) is 3.01. The van der Waals surface area contributed by atoms with E-state index in [0.717, 1.165) is 11.3 Å². The summed E-state index contributed by atoms with van der Waals surface area (Å²) in [4.78, 5) is 23.3. The van der Waals surface area contributed by atoms with Gasteiger partial charge in [0, 0.05) is 30.9 Å². The Labute approximate surface area is 161 Å². The summed E-state index contributed by atoms with van der Waals surface area (Å²) >= 11 is 1.31. The predicted molar refractivity (Wildman–Crippen MR) is 107 cm³/mol. The first-order valence-corrected chi connectivity index (χ1v) is 9.26. The second-order valence-electron chi connectivity index (χ2n) is 5.83. The van der Waals surface area contributed by atoms with Crippen LogP contribution in [0.2, 0.25) is 0 Å². The lowest BCUT2D eigenvalue weighted by Gasteiger charge is -2.07. The second-order valence-corrected chi connectivity index (χ2v) is 6.77. The number of carbonyl (C=O) groups excluding carboxylic acids is 2. The smallest absolute Gasteiger partial charge is 0.234 e. The molecule has 8 heteroatoms. The first-order chi connectivity index (χ1) is 13.0. The SMILES string of the molecule is CC(=O)Nc1cccc(-c2nnc(SCC(=O)Nc3ccccc3)n2C)c1. The number of nitrogens with one attached hydrogen (secondary N) is 2. The van der Waals surface area contributed by atoms with Gasteiger partial charge in [-0.1, -0.05) is 42.1 Å². The van der Waals surface area contributed by atoms with E-state index < -0.39 is 0 Å². The minimum atomic E-state index is -0.134. The Morgan fingerprint density at radius 3 is 2.48 bits per heavy atom. The molecule has 0 atom stereocenters. The molecule has 0 aliphatic rings. The molecule has 0 spiro atoms. The molecule has 0 unspecified atom stereocenters. The zero-order valence-electron chi connectivity index (χ0n) is 15.0. The fourth-order valence-electron chi connectivity index (χ4n) is 2.48. The Kier molecular flexibility index (Phi) is 5.87. The first-order valence-electron chi connectivity index (χ1n) is 8.28. The maximum Gasteiger partial charge on any atom is 0.234 e. The standard InChI is InChI=1S/C19H19N5O2S/c1-13(25)20-16-10-6-7-14(11-16)18-22-23-19(24(18)2)27-12-17(26)21-15-8-4-3-5-9-15/h3-11H,12H2,1-2H3,(H,20,25)(H,21,26). The highest BCUT2D eigenvalue weighted by molar-refractivity contribution is 7.99. The number of hydrogen-bond acceptors (Lipinski definition) is 5. The number of thioether (sulfide) groups is 1. The van der Waals surface area contributed by atoms with Gasteiger partial charge in [-0.15, -0.1) is 10.2 Å². The summed E-state index contributed by atoms with van der Waals surface area (Å²) in [6, 6.07) is 16.7. The number of hydrogen-bond donors (Lipinski definition) is 2. The summed E-state index contributed by atoms with van der Waals surface area (Å²) in [6.45, 7) is 1.46. The summed E-state index contributed by atoms with van der Waals surface area (Å²) < 4.78 is 1.83. The maximum absolute atomic E-state index is 12.1. The van der Waals surface area contributed by atoms with E-state index in [-0.39, 0.29) is 17.6 Å². The highest BCUT2D eigenvalue weighted by atomic mass is 32.2. The molecule has 138 valence electrons. The molecule has 0 radical (unpaired) electrons. The molecule has 3 rings (SSSR count). The van der Waals surface area contributed by atoms with Crippen LogP contribution in [0.4, 0.5) is 11.4 Å². The molecule has 0 saturated carbocycles. The fraction of sp³-hybridized carbons (Fsp3) is 0.158. The molecule has 1 heterocycles. The lowest BCUT2D eigenvalue weighted by Crippen LogP contribution is -2.14. The molecule has 3 aromatic rings. The van der Waals surface area contributed by atoms with Crippen LogP contribution in [-0.2, 0) is 16.6 Å². The number of benzene rings is 2. The summed E-state index contributed by atoms with van der Waals surface area (Å²) in [6.07, 6.45) is 0. The highest BCUT2D eigenvalue weighted by Gasteiger charge is 2.13. The Balaban J connectivity index is 1.67. The molecule has 0 aliphatic carbocycles. The van der Waals surface area contributed by atoms with E-state index in [0.29, 0.717) is 16.7 Å². The molecule has 0 bridgehead atoms. The monoisotopic (exact) mass is 381 g/mol. The number of anilines is 2. The van der Waals surface area contributed by atoms with Gasteiger partial charge >= 0.3 is 0 Å². The van der Waals surface area contributed by atoms with Crippen LogP contribution in [0.1, 0.15) is 6.92 Å². The molecule has 2 amide bonds. The zero-order chi connectivity index (χ0) is 19.2. The van der Waals surface area contributed by atoms with Gasteiger partial charge in [0.1, 0.15) is 0 Å². The van der Waals surface area contributed by atoms with E-state index >= 15 is 0 Å². The lowest BCUT2D eigenvalue weighted by molar-refractivity contribution is -0.114. The molecule has 2 N–H and O–H groups in total. The molecule has 2 aromatic carbocycles. The van der Waals surface area contributed by atoms with E-state index in [4.69, 9.17) is 0 Å². The van der Waals surface area contributed by atoms with Gasteiger partial charge in [-0.25, -0.2) is 0 Å². The molecule has 27 heavy (non-hydrogen) atoms. The van der Waals surface area contributed by atoms with E-state index in [1.807, 2.05) is 66.2 Å². The number of carbonyl (C=O) groups is 2. The van der Waals surface area contributed by atoms with E-state index in [1.54, 1.807) is 0 Å². The van der Waals surface area contributed by atoms with Crippen LogP contribution in [0.15, 0.2) is 59.8 Å². The molecular formula is C19H19N5O2S. The zero-order valence-corrected chi connectivity index (χ0v) is 15.8. The Hall–Kier alpha value is -3.13. The number of aromatic nitrogens is 3. The van der Waals surface area contributed by atoms with Crippen molar-refractivity contribution in [1.82, 2.24) is 14.8 Å². The highest BCUT2D eigenvalue weighted by Crippen LogP contribution is 2.24. The normalized spacial score (nSPS) is 10.4. The lowest BCUT2D eigenvalue weighted by atomic mass is 10.2. The van der Waals surface area contributed by atoms with Crippen LogP contribution in [0.3, 0.4) is 0 Å². The maximum atomic E-state index is 12.1. The van der Waals surface area contributed by atoms with Crippen molar-refractivity contribution in [1.29, 1.82) is 0 Å². The predicted octanol–water partition coefficient (Wildman–Crippen LogP) is 3.17. The molecule has 7 nitrogen and oxygen atoms in total.